The van der Waals surface area contributed by atoms with Gasteiger partial charge in [-0.05, 0) is 36.2 Å². The highest BCUT2D eigenvalue weighted by molar-refractivity contribution is 7.18. The molecule has 0 unspecified atom stereocenters. The van der Waals surface area contributed by atoms with Gasteiger partial charge in [0.2, 0.25) is 5.28 Å². The maximum atomic E-state index is 5.96. The van der Waals surface area contributed by atoms with Crippen LogP contribution in [0.2, 0.25) is 5.28 Å². The van der Waals surface area contributed by atoms with Gasteiger partial charge in [0, 0.05) is 4.88 Å². The summed E-state index contributed by atoms with van der Waals surface area (Å²) in [7, 11) is 0. The van der Waals surface area contributed by atoms with E-state index in [1.54, 1.807) is 17.6 Å². The zero-order chi connectivity index (χ0) is 13.2. The molecule has 3 heterocycles. The Morgan fingerprint density at radius 2 is 2.32 bits per heavy atom. The fraction of sp³-hybridized carbons (Fsp3) is 0.231. The zero-order valence-electron chi connectivity index (χ0n) is 10.3. The number of hydrogen-bond acceptors (Lipinski definition) is 5. The van der Waals surface area contributed by atoms with Crippen LogP contribution in [0.1, 0.15) is 17.6 Å². The van der Waals surface area contributed by atoms with Gasteiger partial charge in [-0.25, -0.2) is 9.97 Å². The molecule has 0 atom stereocenters. The lowest BCUT2D eigenvalue weighted by atomic mass is 10.3. The molecule has 0 radical (unpaired) electrons. The third kappa shape index (κ3) is 2.57. The lowest BCUT2D eigenvalue weighted by Crippen LogP contribution is -2.01. The second-order valence-corrected chi connectivity index (χ2v) is 5.51. The third-order valence-corrected chi connectivity index (χ3v) is 4.12. The Morgan fingerprint density at radius 1 is 1.42 bits per heavy atom. The number of thiophene rings is 1. The number of nitrogens with one attached hydrogen (secondary N) is 1. The van der Waals surface area contributed by atoms with Crippen LogP contribution >= 0.6 is 22.9 Å². The largest absolute Gasteiger partial charge is 0.467 e. The summed E-state index contributed by atoms with van der Waals surface area (Å²) >= 11 is 7.61. The van der Waals surface area contributed by atoms with Crippen molar-refractivity contribution in [3.8, 4) is 0 Å². The monoisotopic (exact) mass is 293 g/mol. The molecule has 0 saturated carbocycles. The predicted octanol–water partition coefficient (Wildman–Crippen LogP) is 4.11. The first kappa shape index (κ1) is 12.4. The Labute approximate surface area is 119 Å². The fourth-order valence-corrected chi connectivity index (χ4v) is 3.02. The standard InChI is InChI=1S/C13H12ClN3OS/c1-2-9-6-10-11(15-7-8-4-3-5-18-8)16-13(14)17-12(10)19-9/h3-6H,2,7H2,1H3,(H,15,16,17). The molecule has 3 aromatic rings. The average Bonchev–Trinajstić information content (AvgIpc) is 3.04. The normalized spacial score (nSPS) is 11.1. The first-order chi connectivity index (χ1) is 9.26. The number of hydrogen-bond donors (Lipinski definition) is 1. The van der Waals surface area contributed by atoms with E-state index in [0.717, 1.165) is 28.2 Å². The van der Waals surface area contributed by atoms with E-state index in [4.69, 9.17) is 16.0 Å². The molecule has 0 aliphatic rings. The van der Waals surface area contributed by atoms with E-state index in [9.17, 15) is 0 Å². The lowest BCUT2D eigenvalue weighted by Gasteiger charge is -2.04. The topological polar surface area (TPSA) is 51.0 Å². The van der Waals surface area contributed by atoms with E-state index in [-0.39, 0.29) is 5.28 Å². The maximum absolute atomic E-state index is 5.96. The van der Waals surface area contributed by atoms with Crippen LogP contribution in [-0.4, -0.2) is 9.97 Å². The Kier molecular flexibility index (Phi) is 3.40. The van der Waals surface area contributed by atoms with Crippen LogP contribution in [0.4, 0.5) is 5.82 Å². The first-order valence-corrected chi connectivity index (χ1v) is 7.18. The smallest absolute Gasteiger partial charge is 0.225 e. The van der Waals surface area contributed by atoms with Crippen molar-refractivity contribution >= 4 is 39.0 Å². The van der Waals surface area contributed by atoms with Crippen molar-refractivity contribution < 1.29 is 4.42 Å². The molecule has 0 aliphatic heterocycles. The van der Waals surface area contributed by atoms with Gasteiger partial charge in [0.05, 0.1) is 18.2 Å². The van der Waals surface area contributed by atoms with E-state index in [0.29, 0.717) is 6.54 Å². The van der Waals surface area contributed by atoms with E-state index in [2.05, 4.69) is 28.3 Å². The van der Waals surface area contributed by atoms with Crippen LogP contribution in [0.5, 0.6) is 0 Å². The number of halogens is 1. The van der Waals surface area contributed by atoms with Gasteiger partial charge in [-0.2, -0.15) is 0 Å². The molecular formula is C13H12ClN3OS. The van der Waals surface area contributed by atoms with Crippen molar-refractivity contribution in [3.05, 3.63) is 40.4 Å². The van der Waals surface area contributed by atoms with Gasteiger partial charge in [0.25, 0.3) is 0 Å². The number of furan rings is 1. The Morgan fingerprint density at radius 3 is 3.05 bits per heavy atom. The Balaban J connectivity index is 1.94. The molecule has 98 valence electrons. The molecule has 3 aromatic heterocycles. The summed E-state index contributed by atoms with van der Waals surface area (Å²) in [6.07, 6.45) is 2.63. The predicted molar refractivity (Wildman–Crippen MR) is 77.8 cm³/mol. The van der Waals surface area contributed by atoms with E-state index in [1.165, 1.54) is 4.88 Å². The van der Waals surface area contributed by atoms with E-state index in [1.807, 2.05) is 12.1 Å². The van der Waals surface area contributed by atoms with E-state index < -0.39 is 0 Å². The number of rotatable bonds is 4. The van der Waals surface area contributed by atoms with Crippen LogP contribution in [0.25, 0.3) is 10.2 Å². The van der Waals surface area contributed by atoms with Gasteiger partial charge < -0.3 is 9.73 Å². The van der Waals surface area contributed by atoms with Crippen molar-refractivity contribution in [3.63, 3.8) is 0 Å². The van der Waals surface area contributed by atoms with Crippen molar-refractivity contribution in [2.45, 2.75) is 19.9 Å². The lowest BCUT2D eigenvalue weighted by molar-refractivity contribution is 0.518. The second-order valence-electron chi connectivity index (χ2n) is 4.06. The van der Waals surface area contributed by atoms with Crippen LogP contribution < -0.4 is 5.32 Å². The molecular weight excluding hydrogens is 282 g/mol. The quantitative estimate of drug-likeness (QED) is 0.735. The summed E-state index contributed by atoms with van der Waals surface area (Å²) in [5.74, 6) is 1.61. The number of nitrogens with zero attached hydrogens (tertiary/aromatic N) is 2. The highest BCUT2D eigenvalue weighted by Crippen LogP contribution is 2.30. The summed E-state index contributed by atoms with van der Waals surface area (Å²) in [6, 6.07) is 5.89. The molecule has 0 fully saturated rings. The SMILES string of the molecule is CCc1cc2c(NCc3ccco3)nc(Cl)nc2s1. The highest BCUT2D eigenvalue weighted by atomic mass is 35.5. The summed E-state index contributed by atoms with van der Waals surface area (Å²) in [5, 5.41) is 4.52. The number of aryl methyl sites for hydroxylation is 1. The molecule has 0 amide bonds. The average molecular weight is 294 g/mol. The highest BCUT2D eigenvalue weighted by Gasteiger charge is 2.10. The minimum absolute atomic E-state index is 0.263. The minimum atomic E-state index is 0.263. The van der Waals surface area contributed by atoms with Crippen molar-refractivity contribution in [2.75, 3.05) is 5.32 Å². The van der Waals surface area contributed by atoms with Crippen molar-refractivity contribution in [1.29, 1.82) is 0 Å². The Bertz CT molecular complexity index is 693. The van der Waals surface area contributed by atoms with Gasteiger partial charge in [-0.15, -0.1) is 11.3 Å². The minimum Gasteiger partial charge on any atom is -0.467 e. The van der Waals surface area contributed by atoms with Crippen LogP contribution in [0, 0.1) is 0 Å². The summed E-state index contributed by atoms with van der Waals surface area (Å²) in [5.41, 5.74) is 0. The van der Waals surface area contributed by atoms with Gasteiger partial charge in [-0.3, -0.25) is 0 Å². The molecule has 0 bridgehead atoms. The first-order valence-electron chi connectivity index (χ1n) is 5.98. The van der Waals surface area contributed by atoms with Crippen LogP contribution in [0.3, 0.4) is 0 Å². The van der Waals surface area contributed by atoms with Gasteiger partial charge in [-0.1, -0.05) is 6.92 Å². The third-order valence-electron chi connectivity index (χ3n) is 2.78. The molecule has 0 saturated heterocycles. The molecule has 0 aromatic carbocycles. The zero-order valence-corrected chi connectivity index (χ0v) is 11.9. The molecule has 4 nitrogen and oxygen atoms in total. The summed E-state index contributed by atoms with van der Waals surface area (Å²) in [6.45, 7) is 2.70. The Hall–Kier alpha value is -1.59. The van der Waals surface area contributed by atoms with Crippen LogP contribution in [0.15, 0.2) is 28.9 Å². The van der Waals surface area contributed by atoms with Crippen LogP contribution in [-0.2, 0) is 13.0 Å². The summed E-state index contributed by atoms with van der Waals surface area (Å²) < 4.78 is 5.29. The van der Waals surface area contributed by atoms with Gasteiger partial charge in [0.15, 0.2) is 0 Å². The van der Waals surface area contributed by atoms with Gasteiger partial charge >= 0.3 is 0 Å². The molecule has 1 N–H and O–H groups in total. The maximum Gasteiger partial charge on any atom is 0.225 e. The number of anilines is 1. The van der Waals surface area contributed by atoms with E-state index >= 15 is 0 Å². The van der Waals surface area contributed by atoms with Crippen molar-refractivity contribution in [2.24, 2.45) is 0 Å². The molecule has 0 spiro atoms. The number of aromatic nitrogens is 2. The van der Waals surface area contributed by atoms with Gasteiger partial charge in [0.1, 0.15) is 16.4 Å². The molecule has 0 aliphatic carbocycles. The fourth-order valence-electron chi connectivity index (χ4n) is 1.84. The summed E-state index contributed by atoms with van der Waals surface area (Å²) in [4.78, 5) is 10.7. The second kappa shape index (κ2) is 5.19. The molecule has 19 heavy (non-hydrogen) atoms. The molecule has 3 rings (SSSR count). The molecule has 6 heteroatoms. The van der Waals surface area contributed by atoms with Crippen molar-refractivity contribution in [1.82, 2.24) is 9.97 Å². The number of fused-ring (bicyclic) bond motifs is 1.